The smallest absolute Gasteiger partial charge is 0.129 e. The highest BCUT2D eigenvalue weighted by molar-refractivity contribution is 5.55. The van der Waals surface area contributed by atoms with E-state index in [1.807, 2.05) is 18.3 Å². The number of nitrogens with zero attached hydrogens (tertiary/aromatic N) is 1. The minimum atomic E-state index is -0.0989. The molecule has 0 aliphatic carbocycles. The van der Waals surface area contributed by atoms with Gasteiger partial charge in [0.1, 0.15) is 5.82 Å². The van der Waals surface area contributed by atoms with Crippen molar-refractivity contribution in [1.82, 2.24) is 5.32 Å². The molecule has 1 aliphatic heterocycles. The van der Waals surface area contributed by atoms with Crippen LogP contribution in [0.5, 0.6) is 0 Å². The molecule has 4 heteroatoms. The van der Waals surface area contributed by atoms with E-state index >= 15 is 0 Å². The molecule has 0 saturated carbocycles. The fraction of sp³-hybridized carbons (Fsp3) is 0.591. The number of hydrogen-bond donors (Lipinski definition) is 1. The molecule has 1 saturated heterocycles. The molecule has 0 spiro atoms. The van der Waals surface area contributed by atoms with Crippen LogP contribution in [0.3, 0.4) is 0 Å². The van der Waals surface area contributed by atoms with Gasteiger partial charge in [0.25, 0.3) is 0 Å². The van der Waals surface area contributed by atoms with Gasteiger partial charge in [-0.25, -0.2) is 4.39 Å². The van der Waals surface area contributed by atoms with E-state index in [9.17, 15) is 4.39 Å². The predicted molar refractivity (Wildman–Crippen MR) is 109 cm³/mol. The Morgan fingerprint density at radius 2 is 2.19 bits per heavy atom. The Kier molecular flexibility index (Phi) is 10.9. The molecule has 1 N–H and O–H groups in total. The minimum Gasteiger partial charge on any atom is -0.373 e. The Bertz CT molecular complexity index is 576. The molecule has 26 heavy (non-hydrogen) atoms. The van der Waals surface area contributed by atoms with E-state index in [2.05, 4.69) is 38.0 Å². The molecule has 1 fully saturated rings. The summed E-state index contributed by atoms with van der Waals surface area (Å²) in [4.78, 5) is 3.76. The Morgan fingerprint density at radius 3 is 2.73 bits per heavy atom. The standard InChI is InChI=1S/C15H21FO.C7H14N2/c1-11(2)5-6-12-7-8-13(14(16)10-12)15-4-3-9-17-15;1-4-7(2)5-9-6-8-3/h7-8,10-11,15H,3-6,9H2,1-2H3;5-6H,4H2,1-3H3,(H,8,9)/t15-;/m1./s1. The van der Waals surface area contributed by atoms with Gasteiger partial charge in [-0.15, -0.1) is 0 Å². The van der Waals surface area contributed by atoms with Gasteiger partial charge in [-0.3, -0.25) is 4.99 Å². The Balaban J connectivity index is 0.000000321. The van der Waals surface area contributed by atoms with Crippen molar-refractivity contribution in [3.63, 3.8) is 0 Å². The predicted octanol–water partition coefficient (Wildman–Crippen LogP) is 5.81. The van der Waals surface area contributed by atoms with Crippen molar-refractivity contribution < 1.29 is 9.13 Å². The first-order chi connectivity index (χ1) is 12.5. The Morgan fingerprint density at radius 1 is 1.42 bits per heavy atom. The van der Waals surface area contributed by atoms with Gasteiger partial charge >= 0.3 is 0 Å². The van der Waals surface area contributed by atoms with Crippen LogP contribution in [0.25, 0.3) is 0 Å². The van der Waals surface area contributed by atoms with Gasteiger partial charge in [-0.05, 0) is 56.6 Å². The molecular weight excluding hydrogens is 327 g/mol. The summed E-state index contributed by atoms with van der Waals surface area (Å²) in [5.41, 5.74) is 3.16. The summed E-state index contributed by atoms with van der Waals surface area (Å²) in [6.45, 7) is 9.35. The van der Waals surface area contributed by atoms with Gasteiger partial charge in [-0.1, -0.05) is 38.5 Å². The SMILES string of the molecule is CC(C)CCc1ccc([C@H]2CCCO2)c(F)c1.CCC(C)=CNC=NC. The normalized spacial score (nSPS) is 17.5. The van der Waals surface area contributed by atoms with E-state index in [-0.39, 0.29) is 11.9 Å². The van der Waals surface area contributed by atoms with Crippen LogP contribution in [-0.2, 0) is 11.2 Å². The fourth-order valence-corrected chi connectivity index (χ4v) is 2.62. The van der Waals surface area contributed by atoms with E-state index in [1.165, 1.54) is 5.57 Å². The van der Waals surface area contributed by atoms with E-state index in [0.717, 1.165) is 49.8 Å². The number of aliphatic imine (C=N–C) groups is 1. The highest BCUT2D eigenvalue weighted by atomic mass is 19.1. The molecule has 0 radical (unpaired) electrons. The van der Waals surface area contributed by atoms with Crippen LogP contribution in [-0.4, -0.2) is 20.0 Å². The monoisotopic (exact) mass is 362 g/mol. The number of hydrogen-bond acceptors (Lipinski definition) is 2. The number of aryl methyl sites for hydroxylation is 1. The summed E-state index contributed by atoms with van der Waals surface area (Å²) >= 11 is 0. The maximum Gasteiger partial charge on any atom is 0.129 e. The van der Waals surface area contributed by atoms with Crippen molar-refractivity contribution in [2.45, 2.75) is 65.9 Å². The van der Waals surface area contributed by atoms with Crippen LogP contribution in [0.1, 0.15) is 70.6 Å². The number of allylic oxidation sites excluding steroid dienone is 1. The van der Waals surface area contributed by atoms with E-state index in [0.29, 0.717) is 5.92 Å². The second-order valence-corrected chi connectivity index (χ2v) is 7.19. The average molecular weight is 363 g/mol. The van der Waals surface area contributed by atoms with Gasteiger partial charge in [-0.2, -0.15) is 0 Å². The highest BCUT2D eigenvalue weighted by Gasteiger charge is 2.20. The third kappa shape index (κ3) is 8.61. The van der Waals surface area contributed by atoms with Crippen molar-refractivity contribution in [3.8, 4) is 0 Å². The van der Waals surface area contributed by atoms with Crippen LogP contribution >= 0.6 is 0 Å². The van der Waals surface area contributed by atoms with Crippen molar-refractivity contribution in [2.75, 3.05) is 13.7 Å². The number of nitrogens with one attached hydrogen (secondary N) is 1. The molecule has 3 nitrogen and oxygen atoms in total. The summed E-state index contributed by atoms with van der Waals surface area (Å²) in [5.74, 6) is 0.564. The summed E-state index contributed by atoms with van der Waals surface area (Å²) in [6, 6.07) is 5.63. The average Bonchev–Trinajstić information content (AvgIpc) is 3.15. The van der Waals surface area contributed by atoms with Crippen LogP contribution in [0.15, 0.2) is 35.0 Å². The van der Waals surface area contributed by atoms with Crippen LogP contribution in [0.2, 0.25) is 0 Å². The Hall–Kier alpha value is -1.68. The lowest BCUT2D eigenvalue weighted by Gasteiger charge is -2.12. The zero-order valence-electron chi connectivity index (χ0n) is 17.0. The van der Waals surface area contributed by atoms with Crippen LogP contribution < -0.4 is 5.32 Å². The van der Waals surface area contributed by atoms with Crippen molar-refractivity contribution in [2.24, 2.45) is 10.9 Å². The molecular formula is C22H35FN2O. The van der Waals surface area contributed by atoms with Gasteiger partial charge in [0.2, 0.25) is 0 Å². The van der Waals surface area contributed by atoms with Crippen molar-refractivity contribution >= 4 is 6.34 Å². The van der Waals surface area contributed by atoms with Crippen LogP contribution in [0, 0.1) is 11.7 Å². The quantitative estimate of drug-likeness (QED) is 0.490. The molecule has 1 aromatic rings. The lowest BCUT2D eigenvalue weighted by Crippen LogP contribution is -2.01. The maximum atomic E-state index is 13.9. The van der Waals surface area contributed by atoms with Gasteiger partial charge in [0.15, 0.2) is 0 Å². The third-order valence-corrected chi connectivity index (χ3v) is 4.44. The van der Waals surface area contributed by atoms with E-state index in [1.54, 1.807) is 19.5 Å². The van der Waals surface area contributed by atoms with Crippen LogP contribution in [0.4, 0.5) is 4.39 Å². The lowest BCUT2D eigenvalue weighted by atomic mass is 9.99. The topological polar surface area (TPSA) is 33.6 Å². The first-order valence-corrected chi connectivity index (χ1v) is 9.70. The molecule has 1 aromatic carbocycles. The molecule has 0 aromatic heterocycles. The number of ether oxygens (including phenoxy) is 1. The first-order valence-electron chi connectivity index (χ1n) is 9.70. The molecule has 1 aliphatic rings. The second-order valence-electron chi connectivity index (χ2n) is 7.19. The molecule has 1 heterocycles. The third-order valence-electron chi connectivity index (χ3n) is 4.44. The van der Waals surface area contributed by atoms with Gasteiger partial charge in [0.05, 0.1) is 12.4 Å². The second kappa shape index (κ2) is 12.6. The van der Waals surface area contributed by atoms with Crippen molar-refractivity contribution in [3.05, 3.63) is 46.9 Å². The summed E-state index contributed by atoms with van der Waals surface area (Å²) < 4.78 is 19.5. The zero-order valence-corrected chi connectivity index (χ0v) is 17.0. The van der Waals surface area contributed by atoms with Gasteiger partial charge < -0.3 is 10.1 Å². The summed E-state index contributed by atoms with van der Waals surface area (Å²) in [7, 11) is 1.74. The zero-order chi connectivity index (χ0) is 19.4. The Labute approximate surface area is 158 Å². The molecule has 0 unspecified atom stereocenters. The van der Waals surface area contributed by atoms with Gasteiger partial charge in [0, 0.05) is 25.4 Å². The molecule has 1 atom stereocenters. The van der Waals surface area contributed by atoms with Crippen molar-refractivity contribution in [1.29, 1.82) is 0 Å². The molecule has 0 amide bonds. The first kappa shape index (κ1) is 22.4. The maximum absolute atomic E-state index is 13.9. The number of rotatable bonds is 7. The molecule has 2 rings (SSSR count). The summed E-state index contributed by atoms with van der Waals surface area (Å²) in [6.07, 6.45) is 8.74. The number of halogens is 1. The van der Waals surface area contributed by atoms with E-state index < -0.39 is 0 Å². The lowest BCUT2D eigenvalue weighted by molar-refractivity contribution is 0.109. The minimum absolute atomic E-state index is 0.0193. The molecule has 0 bridgehead atoms. The fourth-order valence-electron chi connectivity index (χ4n) is 2.62. The summed E-state index contributed by atoms with van der Waals surface area (Å²) in [5, 5.41) is 2.93. The number of benzene rings is 1. The largest absolute Gasteiger partial charge is 0.373 e. The molecule has 146 valence electrons. The highest BCUT2D eigenvalue weighted by Crippen LogP contribution is 2.30. The van der Waals surface area contributed by atoms with E-state index in [4.69, 9.17) is 4.74 Å².